The van der Waals surface area contributed by atoms with Crippen molar-refractivity contribution < 1.29 is 63.7 Å². The third-order valence-corrected chi connectivity index (χ3v) is 5.20. The van der Waals surface area contributed by atoms with Gasteiger partial charge in [0.05, 0.1) is 18.8 Å². The van der Waals surface area contributed by atoms with Gasteiger partial charge in [0.2, 0.25) is 0 Å². The second kappa shape index (κ2) is 11.2. The molecule has 16 heteroatoms. The SMILES string of the molecule is CCOC(=O)[C@@](O)(c1ccc(NC(NC(=O)c2ccccc2OCC)(C(F)(F)F)C(F)(F)F)cc1)C(F)(F)F. The summed E-state index contributed by atoms with van der Waals surface area (Å²) in [5, 5.41) is 12.1. The van der Waals surface area contributed by atoms with Crippen molar-refractivity contribution in [1.82, 2.24) is 5.32 Å². The quantitative estimate of drug-likeness (QED) is 0.220. The molecular weight excluding hydrogens is 555 g/mol. The monoisotopic (exact) mass is 576 g/mol. The number of para-hydroxylation sites is 1. The van der Waals surface area contributed by atoms with Crippen molar-refractivity contribution in [3.8, 4) is 5.75 Å². The Morgan fingerprint density at radius 1 is 0.795 bits per heavy atom. The van der Waals surface area contributed by atoms with Crippen LogP contribution in [0.25, 0.3) is 0 Å². The molecule has 0 aromatic heterocycles. The summed E-state index contributed by atoms with van der Waals surface area (Å²) < 4.78 is 134. The number of hydrogen-bond donors (Lipinski definition) is 3. The summed E-state index contributed by atoms with van der Waals surface area (Å²) in [5.74, 6) is -4.32. The van der Waals surface area contributed by atoms with Crippen LogP contribution in [0.4, 0.5) is 45.2 Å². The number of ether oxygens (including phenoxy) is 2. The summed E-state index contributed by atoms with van der Waals surface area (Å²) in [6.07, 6.45) is -18.2. The van der Waals surface area contributed by atoms with Crippen LogP contribution in [0.5, 0.6) is 5.75 Å². The Balaban J connectivity index is 2.58. The van der Waals surface area contributed by atoms with E-state index >= 15 is 0 Å². The zero-order valence-electron chi connectivity index (χ0n) is 20.0. The van der Waals surface area contributed by atoms with Gasteiger partial charge in [0.25, 0.3) is 11.5 Å². The third kappa shape index (κ3) is 6.15. The molecule has 216 valence electrons. The Hall–Kier alpha value is -3.69. The Morgan fingerprint density at radius 2 is 1.33 bits per heavy atom. The number of alkyl halides is 9. The van der Waals surface area contributed by atoms with Gasteiger partial charge >= 0.3 is 30.2 Å². The molecule has 2 rings (SSSR count). The third-order valence-electron chi connectivity index (χ3n) is 5.20. The number of carbonyl (C=O) groups is 2. The van der Waals surface area contributed by atoms with Crippen LogP contribution in [0.1, 0.15) is 29.8 Å². The summed E-state index contributed by atoms with van der Waals surface area (Å²) in [6.45, 7) is 1.94. The standard InChI is InChI=1S/C23H21F9N2O5/c1-3-38-16-8-6-5-7-15(16)17(35)34-20(22(27,28)29,23(30,31)32)33-14-11-9-13(10-12-14)19(37,21(24,25)26)18(36)39-4-2/h5-12,33,37H,3-4H2,1-2H3,(H,34,35)/t19-/m0/s1. The number of esters is 1. The number of nitrogens with one attached hydrogen (secondary N) is 2. The highest BCUT2D eigenvalue weighted by atomic mass is 19.4. The Morgan fingerprint density at radius 3 is 1.79 bits per heavy atom. The predicted octanol–water partition coefficient (Wildman–Crippen LogP) is 5.06. The lowest BCUT2D eigenvalue weighted by Crippen LogP contribution is -2.72. The largest absolute Gasteiger partial charge is 0.493 e. The van der Waals surface area contributed by atoms with Crippen molar-refractivity contribution in [2.45, 2.75) is 43.6 Å². The molecule has 1 amide bonds. The van der Waals surface area contributed by atoms with E-state index in [1.807, 2.05) is 0 Å². The lowest BCUT2D eigenvalue weighted by atomic mass is 9.92. The molecule has 0 bridgehead atoms. The van der Waals surface area contributed by atoms with Gasteiger partial charge in [0.15, 0.2) is 0 Å². The van der Waals surface area contributed by atoms with Gasteiger partial charge in [-0.1, -0.05) is 24.3 Å². The molecule has 0 unspecified atom stereocenters. The molecule has 0 radical (unpaired) electrons. The van der Waals surface area contributed by atoms with Crippen LogP contribution >= 0.6 is 0 Å². The van der Waals surface area contributed by atoms with Gasteiger partial charge in [-0.25, -0.2) is 4.79 Å². The second-order valence-electron chi connectivity index (χ2n) is 7.76. The maximum absolute atomic E-state index is 14.0. The van der Waals surface area contributed by atoms with Crippen LogP contribution in [0.3, 0.4) is 0 Å². The zero-order valence-corrected chi connectivity index (χ0v) is 20.0. The highest BCUT2D eigenvalue weighted by Gasteiger charge is 2.73. The van der Waals surface area contributed by atoms with Crippen molar-refractivity contribution in [3.63, 3.8) is 0 Å². The van der Waals surface area contributed by atoms with E-state index in [0.29, 0.717) is 12.1 Å². The number of anilines is 1. The summed E-state index contributed by atoms with van der Waals surface area (Å²) in [7, 11) is 0. The van der Waals surface area contributed by atoms with Crippen LogP contribution in [0, 0.1) is 0 Å². The molecule has 39 heavy (non-hydrogen) atoms. The van der Waals surface area contributed by atoms with Crippen molar-refractivity contribution in [1.29, 1.82) is 0 Å². The normalized spacial score (nSPS) is 14.3. The van der Waals surface area contributed by atoms with Gasteiger partial charge in [-0.15, -0.1) is 0 Å². The fourth-order valence-electron chi connectivity index (χ4n) is 3.29. The number of benzene rings is 2. The molecule has 0 spiro atoms. The number of hydrogen-bond acceptors (Lipinski definition) is 6. The highest BCUT2D eigenvalue weighted by molar-refractivity contribution is 5.97. The van der Waals surface area contributed by atoms with E-state index in [9.17, 15) is 54.2 Å². The first kappa shape index (κ1) is 31.5. The van der Waals surface area contributed by atoms with Crippen molar-refractivity contribution in [3.05, 3.63) is 59.7 Å². The van der Waals surface area contributed by atoms with Crippen molar-refractivity contribution in [2.75, 3.05) is 18.5 Å². The number of amides is 1. The minimum absolute atomic E-state index is 0.0748. The molecule has 0 aliphatic carbocycles. The van der Waals surface area contributed by atoms with E-state index in [1.54, 1.807) is 0 Å². The maximum Gasteiger partial charge on any atom is 0.439 e. The van der Waals surface area contributed by atoms with Crippen molar-refractivity contribution in [2.24, 2.45) is 0 Å². The molecule has 3 N–H and O–H groups in total. The molecule has 2 aromatic rings. The summed E-state index contributed by atoms with van der Waals surface area (Å²) in [4.78, 5) is 24.5. The van der Waals surface area contributed by atoms with Gasteiger partial charge < -0.3 is 25.2 Å². The van der Waals surface area contributed by atoms with Gasteiger partial charge in [-0.3, -0.25) is 4.79 Å². The predicted molar refractivity (Wildman–Crippen MR) is 117 cm³/mol. The summed E-state index contributed by atoms with van der Waals surface area (Å²) in [6, 6.07) is 5.72. The van der Waals surface area contributed by atoms with E-state index in [0.717, 1.165) is 35.8 Å². The molecule has 7 nitrogen and oxygen atoms in total. The van der Waals surface area contributed by atoms with E-state index in [1.165, 1.54) is 13.0 Å². The maximum atomic E-state index is 14.0. The molecule has 0 heterocycles. The molecule has 0 fully saturated rings. The second-order valence-corrected chi connectivity index (χ2v) is 7.76. The van der Waals surface area contributed by atoms with E-state index in [2.05, 4.69) is 4.74 Å². The lowest BCUT2D eigenvalue weighted by molar-refractivity contribution is -0.294. The van der Waals surface area contributed by atoms with Crippen LogP contribution in [0.15, 0.2) is 48.5 Å². The fourth-order valence-corrected chi connectivity index (χ4v) is 3.29. The lowest BCUT2D eigenvalue weighted by Gasteiger charge is -2.39. The van der Waals surface area contributed by atoms with Crippen LogP contribution in [-0.4, -0.2) is 54.4 Å². The molecule has 0 saturated carbocycles. The van der Waals surface area contributed by atoms with Crippen molar-refractivity contribution >= 4 is 17.6 Å². The van der Waals surface area contributed by atoms with Crippen LogP contribution < -0.4 is 15.4 Å². The van der Waals surface area contributed by atoms with E-state index in [4.69, 9.17) is 4.74 Å². The molecule has 0 aliphatic heterocycles. The summed E-state index contributed by atoms with van der Waals surface area (Å²) in [5.41, 5.74) is -12.4. The molecule has 0 saturated heterocycles. The van der Waals surface area contributed by atoms with Gasteiger partial charge in [0, 0.05) is 11.3 Å². The number of halogens is 9. The molecule has 1 atom stereocenters. The average Bonchev–Trinajstić information content (AvgIpc) is 2.82. The minimum Gasteiger partial charge on any atom is -0.493 e. The molecular formula is C23H21F9N2O5. The Kier molecular flexibility index (Phi) is 9.05. The average molecular weight is 576 g/mol. The van der Waals surface area contributed by atoms with Gasteiger partial charge in [0.1, 0.15) is 5.75 Å². The van der Waals surface area contributed by atoms with Crippen LogP contribution in [-0.2, 0) is 15.1 Å². The Labute approximate surface area is 214 Å². The first-order valence-corrected chi connectivity index (χ1v) is 10.9. The smallest absolute Gasteiger partial charge is 0.439 e. The number of aliphatic hydroxyl groups is 1. The number of rotatable bonds is 9. The van der Waals surface area contributed by atoms with E-state index in [-0.39, 0.29) is 24.5 Å². The first-order chi connectivity index (χ1) is 17.9. The van der Waals surface area contributed by atoms with Crippen LogP contribution in [0.2, 0.25) is 0 Å². The fraction of sp³-hybridized carbons (Fsp3) is 0.391. The number of carbonyl (C=O) groups excluding carboxylic acids is 2. The summed E-state index contributed by atoms with van der Waals surface area (Å²) >= 11 is 0. The molecule has 2 aromatic carbocycles. The Bertz CT molecular complexity index is 1150. The zero-order chi connectivity index (χ0) is 29.9. The topological polar surface area (TPSA) is 96.9 Å². The first-order valence-electron chi connectivity index (χ1n) is 10.9. The van der Waals surface area contributed by atoms with Gasteiger partial charge in [-0.2, -0.15) is 39.5 Å². The van der Waals surface area contributed by atoms with Gasteiger partial charge in [-0.05, 0) is 38.1 Å². The highest BCUT2D eigenvalue weighted by Crippen LogP contribution is 2.45. The van der Waals surface area contributed by atoms with E-state index < -0.39 is 65.1 Å². The molecule has 0 aliphatic rings. The minimum atomic E-state index is -6.25.